The van der Waals surface area contributed by atoms with E-state index in [1.165, 1.54) is 51.6 Å². The van der Waals surface area contributed by atoms with E-state index in [1.54, 1.807) is 0 Å². The van der Waals surface area contributed by atoms with Crippen molar-refractivity contribution >= 4 is 119 Å². The fourth-order valence-corrected chi connectivity index (χ4v) is 11.9. The van der Waals surface area contributed by atoms with E-state index >= 15 is 0 Å². The summed E-state index contributed by atoms with van der Waals surface area (Å²) in [6, 6.07) is 83.5. The molecule has 0 aliphatic heterocycles. The molecule has 0 aliphatic carbocycles. The van der Waals surface area contributed by atoms with Crippen molar-refractivity contribution in [1.82, 2.24) is 0 Å². The lowest BCUT2D eigenvalue weighted by molar-refractivity contribution is 0.669. The second kappa shape index (κ2) is 15.4. The molecule has 5 heteroatoms. The van der Waals surface area contributed by atoms with Gasteiger partial charge in [-0.3, -0.25) is 0 Å². The zero-order valence-corrected chi connectivity index (χ0v) is 36.7. The Labute approximate surface area is 383 Å². The van der Waals surface area contributed by atoms with Gasteiger partial charge in [-0.2, -0.15) is 0 Å². The van der Waals surface area contributed by atoms with Gasteiger partial charge in [0, 0.05) is 74.7 Å². The topological polar surface area (TPSA) is 19.6 Å². The SMILES string of the molecule is c1ccc(N(c2ccc3oc4ccccc4c3c2)c2cc3c(cc2-c2ccc(-c4cc(N(c5ccccc5)c5ccccc5)c5sc6ccccc6c5c4)cc2)sc2ccccc23)cc1. The number of hydrogen-bond donors (Lipinski definition) is 0. The molecule has 3 heterocycles. The Morgan fingerprint density at radius 3 is 1.51 bits per heavy atom. The van der Waals surface area contributed by atoms with Crippen molar-refractivity contribution in [3.8, 4) is 22.3 Å². The third kappa shape index (κ3) is 6.39. The maximum absolute atomic E-state index is 6.32. The first-order valence-electron chi connectivity index (χ1n) is 21.9. The Kier molecular flexibility index (Phi) is 8.90. The fourth-order valence-electron chi connectivity index (χ4n) is 9.60. The second-order valence-corrected chi connectivity index (χ2v) is 18.6. The zero-order valence-electron chi connectivity index (χ0n) is 35.1. The van der Waals surface area contributed by atoms with E-state index in [0.29, 0.717) is 0 Å². The number of rotatable bonds is 8. The first-order chi connectivity index (χ1) is 32.2. The number of nitrogens with zero attached hydrogens (tertiary/aromatic N) is 2. The summed E-state index contributed by atoms with van der Waals surface area (Å²) in [4.78, 5) is 4.82. The predicted octanol–water partition coefficient (Wildman–Crippen LogP) is 18.6. The molecule has 13 rings (SSSR count). The van der Waals surface area contributed by atoms with Crippen LogP contribution in [0.25, 0.3) is 84.5 Å². The van der Waals surface area contributed by atoms with Gasteiger partial charge in [-0.1, -0.05) is 133 Å². The van der Waals surface area contributed by atoms with Crippen LogP contribution in [0.15, 0.2) is 235 Å². The number of anilines is 6. The summed E-state index contributed by atoms with van der Waals surface area (Å²) in [5.41, 5.74) is 13.1. The van der Waals surface area contributed by atoms with E-state index in [1.807, 2.05) is 34.8 Å². The Morgan fingerprint density at radius 1 is 0.292 bits per heavy atom. The van der Waals surface area contributed by atoms with Crippen LogP contribution in [-0.4, -0.2) is 0 Å². The minimum atomic E-state index is 0.880. The van der Waals surface area contributed by atoms with Gasteiger partial charge in [-0.15, -0.1) is 22.7 Å². The van der Waals surface area contributed by atoms with Crippen LogP contribution in [0.2, 0.25) is 0 Å². The summed E-state index contributed by atoms with van der Waals surface area (Å²) in [6.07, 6.45) is 0. The van der Waals surface area contributed by atoms with Gasteiger partial charge < -0.3 is 14.2 Å². The van der Waals surface area contributed by atoms with Crippen molar-refractivity contribution in [1.29, 1.82) is 0 Å². The van der Waals surface area contributed by atoms with E-state index in [0.717, 1.165) is 67.1 Å². The van der Waals surface area contributed by atoms with Crippen LogP contribution in [-0.2, 0) is 0 Å². The first kappa shape index (κ1) is 37.6. The molecule has 0 bridgehead atoms. The molecule has 0 radical (unpaired) electrons. The molecule has 0 N–H and O–H groups in total. The van der Waals surface area contributed by atoms with Crippen molar-refractivity contribution in [2.24, 2.45) is 0 Å². The smallest absolute Gasteiger partial charge is 0.135 e. The minimum absolute atomic E-state index is 0.880. The van der Waals surface area contributed by atoms with Crippen LogP contribution in [0.5, 0.6) is 0 Å². The number of fused-ring (bicyclic) bond motifs is 9. The van der Waals surface area contributed by atoms with Gasteiger partial charge >= 0.3 is 0 Å². The highest BCUT2D eigenvalue weighted by Gasteiger charge is 2.23. The molecule has 10 aromatic carbocycles. The Balaban J connectivity index is 1.01. The standard InChI is InChI=1S/C60H38N2OS2/c1-4-16-42(17-5-1)61(43-18-6-2-7-19-43)54-35-41(34-52-48-24-12-15-27-58(48)65-60(52)54)39-28-30-40(31-29-39)49-38-59-51(47-23-11-14-26-57(47)64-59)37-53(49)62(44-20-8-3-9-21-44)45-32-33-56-50(36-45)46-22-10-13-25-55(46)63-56/h1-38H. The molecule has 0 fully saturated rings. The fraction of sp³-hybridized carbons (Fsp3) is 0. The number of para-hydroxylation sites is 4. The minimum Gasteiger partial charge on any atom is -0.456 e. The quantitative estimate of drug-likeness (QED) is 0.152. The molecule has 3 nitrogen and oxygen atoms in total. The summed E-state index contributed by atoms with van der Waals surface area (Å²) < 4.78 is 11.4. The van der Waals surface area contributed by atoms with Crippen molar-refractivity contribution in [2.75, 3.05) is 9.80 Å². The van der Waals surface area contributed by atoms with Crippen LogP contribution in [0.1, 0.15) is 0 Å². The molecule has 306 valence electrons. The van der Waals surface area contributed by atoms with E-state index in [9.17, 15) is 0 Å². The van der Waals surface area contributed by atoms with Crippen LogP contribution < -0.4 is 9.80 Å². The van der Waals surface area contributed by atoms with Gasteiger partial charge in [0.1, 0.15) is 11.2 Å². The van der Waals surface area contributed by atoms with Gasteiger partial charge in [0.05, 0.1) is 16.1 Å². The number of hydrogen-bond acceptors (Lipinski definition) is 5. The van der Waals surface area contributed by atoms with Gasteiger partial charge in [0.15, 0.2) is 0 Å². The third-order valence-electron chi connectivity index (χ3n) is 12.6. The Hall–Kier alpha value is -7.96. The maximum atomic E-state index is 6.32. The van der Waals surface area contributed by atoms with Gasteiger partial charge in [0.25, 0.3) is 0 Å². The third-order valence-corrected chi connectivity index (χ3v) is 15.0. The van der Waals surface area contributed by atoms with Crippen molar-refractivity contribution in [3.63, 3.8) is 0 Å². The lowest BCUT2D eigenvalue weighted by Crippen LogP contribution is -2.11. The molecule has 0 unspecified atom stereocenters. The lowest BCUT2D eigenvalue weighted by atomic mass is 9.96. The maximum Gasteiger partial charge on any atom is 0.135 e. The van der Waals surface area contributed by atoms with E-state index in [-0.39, 0.29) is 0 Å². The monoisotopic (exact) mass is 866 g/mol. The van der Waals surface area contributed by atoms with E-state index < -0.39 is 0 Å². The van der Waals surface area contributed by atoms with E-state index in [4.69, 9.17) is 4.42 Å². The highest BCUT2D eigenvalue weighted by atomic mass is 32.1. The highest BCUT2D eigenvalue weighted by molar-refractivity contribution is 7.26. The van der Waals surface area contributed by atoms with Gasteiger partial charge in [-0.05, 0) is 114 Å². The van der Waals surface area contributed by atoms with Crippen LogP contribution in [0.3, 0.4) is 0 Å². The Morgan fingerprint density at radius 2 is 0.831 bits per heavy atom. The first-order valence-corrected chi connectivity index (χ1v) is 23.5. The largest absolute Gasteiger partial charge is 0.456 e. The number of furan rings is 1. The number of thiophene rings is 2. The molecular weight excluding hydrogens is 829 g/mol. The van der Waals surface area contributed by atoms with Gasteiger partial charge in [-0.25, -0.2) is 0 Å². The molecule has 0 aliphatic rings. The summed E-state index contributed by atoms with van der Waals surface area (Å²) in [7, 11) is 0. The molecule has 0 saturated heterocycles. The summed E-state index contributed by atoms with van der Waals surface area (Å²) >= 11 is 3.72. The van der Waals surface area contributed by atoms with Gasteiger partial charge in [0.2, 0.25) is 0 Å². The summed E-state index contributed by atoms with van der Waals surface area (Å²) in [6.45, 7) is 0. The van der Waals surface area contributed by atoms with Crippen molar-refractivity contribution in [2.45, 2.75) is 0 Å². The molecule has 0 saturated carbocycles. The normalized spacial score (nSPS) is 11.7. The second-order valence-electron chi connectivity index (χ2n) is 16.5. The average Bonchev–Trinajstić information content (AvgIpc) is 4.06. The van der Waals surface area contributed by atoms with Crippen LogP contribution >= 0.6 is 22.7 Å². The summed E-state index contributed by atoms with van der Waals surface area (Å²) in [5, 5.41) is 7.27. The molecule has 13 aromatic rings. The molecule has 3 aromatic heterocycles. The lowest BCUT2D eigenvalue weighted by Gasteiger charge is -2.28. The van der Waals surface area contributed by atoms with Crippen molar-refractivity contribution < 1.29 is 4.42 Å². The molecular formula is C60H38N2OS2. The Bertz CT molecular complexity index is 3850. The van der Waals surface area contributed by atoms with E-state index in [2.05, 4.69) is 228 Å². The summed E-state index contributed by atoms with van der Waals surface area (Å²) in [5.74, 6) is 0. The average molecular weight is 867 g/mol. The molecule has 0 atom stereocenters. The van der Waals surface area contributed by atoms with Crippen LogP contribution in [0.4, 0.5) is 34.1 Å². The van der Waals surface area contributed by atoms with Crippen molar-refractivity contribution in [3.05, 3.63) is 231 Å². The number of benzene rings is 10. The zero-order chi connectivity index (χ0) is 42.8. The molecule has 0 spiro atoms. The molecule has 65 heavy (non-hydrogen) atoms. The highest BCUT2D eigenvalue weighted by Crippen LogP contribution is 2.49. The van der Waals surface area contributed by atoms with Crippen LogP contribution in [0, 0.1) is 0 Å². The predicted molar refractivity (Wildman–Crippen MR) is 280 cm³/mol. The molecule has 0 amide bonds.